The van der Waals surface area contributed by atoms with Crippen molar-refractivity contribution in [1.29, 1.82) is 0 Å². The zero-order valence-electron chi connectivity index (χ0n) is 11.0. The van der Waals surface area contributed by atoms with Crippen LogP contribution in [0.1, 0.15) is 17.9 Å². The minimum atomic E-state index is -3.31. The van der Waals surface area contributed by atoms with Crippen molar-refractivity contribution < 1.29 is 13.2 Å². The Morgan fingerprint density at radius 2 is 2.00 bits per heavy atom. The molecule has 104 valence electrons. The summed E-state index contributed by atoms with van der Waals surface area (Å²) in [4.78, 5) is 11.7. The summed E-state index contributed by atoms with van der Waals surface area (Å²) >= 11 is 0. The molecule has 0 radical (unpaired) electrons. The maximum atomic E-state index is 11.7. The highest BCUT2D eigenvalue weighted by Gasteiger charge is 2.39. The van der Waals surface area contributed by atoms with Gasteiger partial charge in [0, 0.05) is 19.0 Å². The zero-order chi connectivity index (χ0) is 14.0. The van der Waals surface area contributed by atoms with E-state index in [1.165, 1.54) is 12.6 Å². The Bertz CT molecular complexity index is 557. The molecule has 5 nitrogen and oxygen atoms in total. The number of hydrogen-bond acceptors (Lipinski definition) is 3. The van der Waals surface area contributed by atoms with Gasteiger partial charge in [-0.25, -0.2) is 8.42 Å². The monoisotopic (exact) mass is 282 g/mol. The van der Waals surface area contributed by atoms with Crippen molar-refractivity contribution in [1.82, 2.24) is 9.62 Å². The molecule has 1 aromatic carbocycles. The molecule has 0 aliphatic heterocycles. The molecule has 0 heterocycles. The predicted molar refractivity (Wildman–Crippen MR) is 73.2 cm³/mol. The molecule has 2 rings (SSSR count). The van der Waals surface area contributed by atoms with Crippen LogP contribution in [0.5, 0.6) is 0 Å². The summed E-state index contributed by atoms with van der Waals surface area (Å²) in [5, 5.41) is 2.86. The summed E-state index contributed by atoms with van der Waals surface area (Å²) in [6.45, 7) is -0.128. The van der Waals surface area contributed by atoms with Crippen molar-refractivity contribution in [2.75, 3.05) is 19.8 Å². The highest BCUT2D eigenvalue weighted by atomic mass is 32.2. The van der Waals surface area contributed by atoms with Gasteiger partial charge in [0.25, 0.3) is 0 Å². The second-order valence-corrected chi connectivity index (χ2v) is 7.04. The van der Waals surface area contributed by atoms with Crippen LogP contribution in [-0.2, 0) is 14.8 Å². The molecule has 1 fully saturated rings. The smallest absolute Gasteiger partial charge is 0.235 e. The van der Waals surface area contributed by atoms with Gasteiger partial charge in [-0.3, -0.25) is 4.79 Å². The molecule has 1 aliphatic rings. The Balaban J connectivity index is 1.83. The molecular formula is C13H18N2O3S. The Morgan fingerprint density at radius 3 is 2.58 bits per heavy atom. The lowest BCUT2D eigenvalue weighted by Crippen LogP contribution is -2.39. The molecule has 0 bridgehead atoms. The number of rotatable bonds is 5. The third-order valence-electron chi connectivity index (χ3n) is 3.30. The second-order valence-electron chi connectivity index (χ2n) is 4.95. The normalized spacial score (nSPS) is 22.3. The first-order chi connectivity index (χ1) is 8.88. The first kappa shape index (κ1) is 14.0. The maximum absolute atomic E-state index is 11.7. The third-order valence-corrected chi connectivity index (χ3v) is 4.56. The van der Waals surface area contributed by atoms with E-state index in [2.05, 4.69) is 5.32 Å². The van der Waals surface area contributed by atoms with E-state index in [0.29, 0.717) is 5.92 Å². The van der Waals surface area contributed by atoms with Crippen molar-refractivity contribution in [3.63, 3.8) is 0 Å². The number of hydrogen-bond donors (Lipinski definition) is 1. The van der Waals surface area contributed by atoms with Crippen molar-refractivity contribution in [3.05, 3.63) is 35.9 Å². The SMILES string of the molecule is CN(CC(=O)NC1CC1c1ccccc1)S(C)(=O)=O. The van der Waals surface area contributed by atoms with Crippen LogP contribution < -0.4 is 5.32 Å². The van der Waals surface area contributed by atoms with Crippen LogP contribution in [0.4, 0.5) is 0 Å². The fourth-order valence-corrected chi connectivity index (χ4v) is 2.35. The molecule has 0 spiro atoms. The van der Waals surface area contributed by atoms with Crippen LogP contribution >= 0.6 is 0 Å². The Labute approximate surface area is 113 Å². The molecule has 2 unspecified atom stereocenters. The molecule has 1 saturated carbocycles. The van der Waals surface area contributed by atoms with E-state index in [0.717, 1.165) is 17.0 Å². The molecule has 19 heavy (non-hydrogen) atoms. The number of benzene rings is 1. The van der Waals surface area contributed by atoms with E-state index >= 15 is 0 Å². The molecule has 6 heteroatoms. The maximum Gasteiger partial charge on any atom is 0.235 e. The average molecular weight is 282 g/mol. The summed E-state index contributed by atoms with van der Waals surface area (Å²) in [6.07, 6.45) is 2.00. The Morgan fingerprint density at radius 1 is 1.37 bits per heavy atom. The summed E-state index contributed by atoms with van der Waals surface area (Å²) in [7, 11) is -1.91. The fraction of sp³-hybridized carbons (Fsp3) is 0.462. The van der Waals surface area contributed by atoms with E-state index in [4.69, 9.17) is 0 Å². The molecule has 0 saturated heterocycles. The lowest BCUT2D eigenvalue weighted by Gasteiger charge is -2.13. The topological polar surface area (TPSA) is 66.5 Å². The van der Waals surface area contributed by atoms with Crippen LogP contribution in [-0.4, -0.2) is 44.5 Å². The number of sulfonamides is 1. The van der Waals surface area contributed by atoms with E-state index in [9.17, 15) is 13.2 Å². The third kappa shape index (κ3) is 3.78. The van der Waals surface area contributed by atoms with Crippen LogP contribution in [0.2, 0.25) is 0 Å². The van der Waals surface area contributed by atoms with Crippen molar-refractivity contribution in [2.24, 2.45) is 0 Å². The standard InChI is InChI=1S/C13H18N2O3S/c1-15(19(2,17)18)9-13(16)14-12-8-11(12)10-6-4-3-5-7-10/h3-7,11-12H,8-9H2,1-2H3,(H,14,16). The summed E-state index contributed by atoms with van der Waals surface area (Å²) < 4.78 is 23.4. The zero-order valence-corrected chi connectivity index (χ0v) is 11.9. The van der Waals surface area contributed by atoms with Gasteiger partial charge in [-0.15, -0.1) is 0 Å². The van der Waals surface area contributed by atoms with Gasteiger partial charge in [-0.2, -0.15) is 4.31 Å². The largest absolute Gasteiger partial charge is 0.352 e. The van der Waals surface area contributed by atoms with Gasteiger partial charge in [0.15, 0.2) is 0 Å². The van der Waals surface area contributed by atoms with Crippen LogP contribution in [0.15, 0.2) is 30.3 Å². The van der Waals surface area contributed by atoms with Gasteiger partial charge in [-0.1, -0.05) is 30.3 Å². The summed E-state index contributed by atoms with van der Waals surface area (Å²) in [5.74, 6) is 0.102. The molecular weight excluding hydrogens is 264 g/mol. The van der Waals surface area contributed by atoms with E-state index in [1.807, 2.05) is 30.3 Å². The van der Waals surface area contributed by atoms with Crippen LogP contribution in [0.25, 0.3) is 0 Å². The average Bonchev–Trinajstić information content (AvgIpc) is 3.08. The fourth-order valence-electron chi connectivity index (χ4n) is 2.00. The van der Waals surface area contributed by atoms with Crippen LogP contribution in [0.3, 0.4) is 0 Å². The highest BCUT2D eigenvalue weighted by Crippen LogP contribution is 2.40. The van der Waals surface area contributed by atoms with Gasteiger partial charge in [0.1, 0.15) is 0 Å². The minimum absolute atomic E-state index is 0.128. The minimum Gasteiger partial charge on any atom is -0.352 e. The number of nitrogens with zero attached hydrogens (tertiary/aromatic N) is 1. The van der Waals surface area contributed by atoms with Gasteiger partial charge in [0.2, 0.25) is 15.9 Å². The number of nitrogens with one attached hydrogen (secondary N) is 1. The quantitative estimate of drug-likeness (QED) is 0.857. The number of carbonyl (C=O) groups excluding carboxylic acids is 1. The molecule has 1 aromatic rings. The molecule has 1 aliphatic carbocycles. The Kier molecular flexibility index (Phi) is 3.91. The van der Waals surface area contributed by atoms with Gasteiger partial charge >= 0.3 is 0 Å². The van der Waals surface area contributed by atoms with Crippen molar-refractivity contribution in [2.45, 2.75) is 18.4 Å². The van der Waals surface area contributed by atoms with E-state index < -0.39 is 10.0 Å². The van der Waals surface area contributed by atoms with E-state index in [1.54, 1.807) is 0 Å². The van der Waals surface area contributed by atoms with Crippen molar-refractivity contribution >= 4 is 15.9 Å². The molecule has 1 N–H and O–H groups in total. The second kappa shape index (κ2) is 5.30. The predicted octanol–water partition coefficient (Wildman–Crippen LogP) is 0.550. The lowest BCUT2D eigenvalue weighted by molar-refractivity contribution is -0.121. The first-order valence-corrected chi connectivity index (χ1v) is 7.98. The van der Waals surface area contributed by atoms with E-state index in [-0.39, 0.29) is 18.5 Å². The first-order valence-electron chi connectivity index (χ1n) is 6.13. The van der Waals surface area contributed by atoms with Gasteiger partial charge in [0.05, 0.1) is 12.8 Å². The van der Waals surface area contributed by atoms with Gasteiger partial charge < -0.3 is 5.32 Å². The highest BCUT2D eigenvalue weighted by molar-refractivity contribution is 7.88. The molecule has 1 amide bonds. The number of likely N-dealkylation sites (N-methyl/N-ethyl adjacent to an activating group) is 1. The van der Waals surface area contributed by atoms with Crippen molar-refractivity contribution in [3.8, 4) is 0 Å². The Hall–Kier alpha value is -1.40. The van der Waals surface area contributed by atoms with Gasteiger partial charge in [-0.05, 0) is 12.0 Å². The van der Waals surface area contributed by atoms with Crippen LogP contribution in [0, 0.1) is 0 Å². The lowest BCUT2D eigenvalue weighted by atomic mass is 10.1. The number of amides is 1. The summed E-state index contributed by atoms with van der Waals surface area (Å²) in [5.41, 5.74) is 1.21. The molecule has 2 atom stereocenters. The number of carbonyl (C=O) groups is 1. The summed E-state index contributed by atoms with van der Waals surface area (Å²) in [6, 6.07) is 10.1. The molecule has 0 aromatic heterocycles.